The number of nitrogens with one attached hydrogen (secondary N) is 2. The molecule has 0 spiro atoms. The summed E-state index contributed by atoms with van der Waals surface area (Å²) in [6, 6.07) is 14.0. The molecule has 0 aliphatic carbocycles. The molecule has 0 radical (unpaired) electrons. The van der Waals surface area contributed by atoms with Crippen LogP contribution in [0.5, 0.6) is 0 Å². The fourth-order valence-corrected chi connectivity index (χ4v) is 3.98. The summed E-state index contributed by atoms with van der Waals surface area (Å²) in [5.74, 6) is 0.152. The van der Waals surface area contributed by atoms with Crippen LogP contribution in [0.2, 0.25) is 0 Å². The molecule has 1 atom stereocenters. The Morgan fingerprint density at radius 1 is 1.17 bits per heavy atom. The van der Waals surface area contributed by atoms with Gasteiger partial charge in [0.2, 0.25) is 5.91 Å². The van der Waals surface area contributed by atoms with E-state index in [-0.39, 0.29) is 12.0 Å². The number of aryl methyl sites for hydroxylation is 1. The van der Waals surface area contributed by atoms with E-state index in [4.69, 9.17) is 9.72 Å². The number of nitrogens with zero attached hydrogens (tertiary/aromatic N) is 3. The van der Waals surface area contributed by atoms with Crippen LogP contribution in [0.25, 0.3) is 22.2 Å². The number of morpholine rings is 1. The molecular weight excluding hydrogens is 378 g/mol. The molecule has 4 aromatic rings. The van der Waals surface area contributed by atoms with E-state index < -0.39 is 0 Å². The lowest BCUT2D eigenvalue weighted by atomic mass is 10.1. The molecule has 7 heteroatoms. The van der Waals surface area contributed by atoms with Crippen molar-refractivity contribution in [3.05, 3.63) is 72.3 Å². The summed E-state index contributed by atoms with van der Waals surface area (Å²) in [6.45, 7) is 1.65. The normalized spacial score (nSPS) is 16.8. The van der Waals surface area contributed by atoms with Gasteiger partial charge in [0.1, 0.15) is 6.10 Å². The standard InChI is InChI=1S/C23H23N5O2/c29-23(9-8-16-12-24-20-5-2-1-4-18(16)20)28-10-11-30-22(15-28)21-7-3-6-19(27-21)17-13-25-26-14-17/h1-7,12-14,22,24H,8-11,15H2,(H,25,26)/t22-/m1/s1. The van der Waals surface area contributed by atoms with Gasteiger partial charge in [-0.1, -0.05) is 24.3 Å². The van der Waals surface area contributed by atoms with Gasteiger partial charge in [0.05, 0.1) is 30.7 Å². The molecule has 5 rings (SSSR count). The van der Waals surface area contributed by atoms with Crippen LogP contribution in [-0.2, 0) is 16.0 Å². The molecule has 7 nitrogen and oxygen atoms in total. The molecule has 0 saturated carbocycles. The molecule has 3 aromatic heterocycles. The van der Waals surface area contributed by atoms with E-state index in [9.17, 15) is 4.79 Å². The van der Waals surface area contributed by atoms with Crippen molar-refractivity contribution < 1.29 is 9.53 Å². The summed E-state index contributed by atoms with van der Waals surface area (Å²) in [4.78, 5) is 22.8. The van der Waals surface area contributed by atoms with Crippen molar-refractivity contribution in [3.8, 4) is 11.3 Å². The Hall–Kier alpha value is -3.45. The molecule has 1 fully saturated rings. The van der Waals surface area contributed by atoms with Gasteiger partial charge in [0.15, 0.2) is 0 Å². The van der Waals surface area contributed by atoms with Crippen LogP contribution in [0.3, 0.4) is 0 Å². The Kier molecular flexibility index (Phi) is 5.03. The summed E-state index contributed by atoms with van der Waals surface area (Å²) in [6.07, 6.45) is 6.55. The number of benzene rings is 1. The van der Waals surface area contributed by atoms with Crippen molar-refractivity contribution >= 4 is 16.8 Å². The van der Waals surface area contributed by atoms with Gasteiger partial charge in [-0.15, -0.1) is 0 Å². The zero-order chi connectivity index (χ0) is 20.3. The molecule has 1 saturated heterocycles. The Bertz CT molecular complexity index is 1150. The summed E-state index contributed by atoms with van der Waals surface area (Å²) < 4.78 is 5.94. The third-order valence-electron chi connectivity index (χ3n) is 5.60. The van der Waals surface area contributed by atoms with E-state index in [2.05, 4.69) is 27.3 Å². The topological polar surface area (TPSA) is 86.9 Å². The average Bonchev–Trinajstić information content (AvgIpc) is 3.48. The molecule has 1 amide bonds. The minimum atomic E-state index is -0.220. The number of hydrogen-bond donors (Lipinski definition) is 2. The van der Waals surface area contributed by atoms with Crippen molar-refractivity contribution in [2.75, 3.05) is 19.7 Å². The van der Waals surface area contributed by atoms with Crippen molar-refractivity contribution in [3.63, 3.8) is 0 Å². The zero-order valence-electron chi connectivity index (χ0n) is 16.5. The fraction of sp³-hybridized carbons (Fsp3) is 0.261. The maximum atomic E-state index is 12.9. The number of aromatic amines is 2. The minimum absolute atomic E-state index is 0.152. The van der Waals surface area contributed by atoms with Crippen LogP contribution < -0.4 is 0 Å². The molecule has 0 bridgehead atoms. The predicted octanol–water partition coefficient (Wildman–Crippen LogP) is 3.49. The average molecular weight is 401 g/mol. The summed E-state index contributed by atoms with van der Waals surface area (Å²) in [5, 5.41) is 7.98. The van der Waals surface area contributed by atoms with Gasteiger partial charge in [0, 0.05) is 41.8 Å². The first kappa shape index (κ1) is 18.6. The lowest BCUT2D eigenvalue weighted by molar-refractivity contribution is -0.139. The third kappa shape index (κ3) is 3.71. The maximum absolute atomic E-state index is 12.9. The highest BCUT2D eigenvalue weighted by Crippen LogP contribution is 2.25. The van der Waals surface area contributed by atoms with Gasteiger partial charge >= 0.3 is 0 Å². The summed E-state index contributed by atoms with van der Waals surface area (Å²) in [7, 11) is 0. The molecule has 152 valence electrons. The monoisotopic (exact) mass is 401 g/mol. The van der Waals surface area contributed by atoms with E-state index in [1.54, 1.807) is 6.20 Å². The smallest absolute Gasteiger partial charge is 0.223 e. The van der Waals surface area contributed by atoms with Crippen LogP contribution in [0, 0.1) is 0 Å². The van der Waals surface area contributed by atoms with E-state index >= 15 is 0 Å². The van der Waals surface area contributed by atoms with Crippen molar-refractivity contribution in [2.45, 2.75) is 18.9 Å². The second kappa shape index (κ2) is 8.12. The number of pyridine rings is 1. The number of para-hydroxylation sites is 1. The first-order valence-corrected chi connectivity index (χ1v) is 10.2. The highest BCUT2D eigenvalue weighted by Gasteiger charge is 2.26. The number of aromatic nitrogens is 4. The van der Waals surface area contributed by atoms with Crippen molar-refractivity contribution in [1.82, 2.24) is 25.1 Å². The fourth-order valence-electron chi connectivity index (χ4n) is 3.98. The van der Waals surface area contributed by atoms with Crippen molar-refractivity contribution in [1.29, 1.82) is 0 Å². The lowest BCUT2D eigenvalue weighted by Crippen LogP contribution is -2.42. The number of rotatable bonds is 5. The van der Waals surface area contributed by atoms with E-state index in [1.807, 2.05) is 47.6 Å². The maximum Gasteiger partial charge on any atom is 0.223 e. The van der Waals surface area contributed by atoms with Crippen LogP contribution in [0.4, 0.5) is 0 Å². The van der Waals surface area contributed by atoms with Gasteiger partial charge in [0.25, 0.3) is 0 Å². The Morgan fingerprint density at radius 3 is 3.00 bits per heavy atom. The molecule has 0 unspecified atom stereocenters. The molecule has 2 N–H and O–H groups in total. The van der Waals surface area contributed by atoms with E-state index in [0.29, 0.717) is 26.1 Å². The quantitative estimate of drug-likeness (QED) is 0.536. The molecular formula is C23H23N5O2. The van der Waals surface area contributed by atoms with E-state index in [1.165, 1.54) is 10.9 Å². The molecule has 1 aromatic carbocycles. The number of carbonyl (C=O) groups is 1. The van der Waals surface area contributed by atoms with Crippen molar-refractivity contribution in [2.24, 2.45) is 0 Å². The second-order valence-electron chi connectivity index (χ2n) is 7.49. The Labute approximate surface area is 174 Å². The second-order valence-corrected chi connectivity index (χ2v) is 7.49. The first-order valence-electron chi connectivity index (χ1n) is 10.2. The SMILES string of the molecule is O=C(CCc1c[nH]c2ccccc12)N1CCO[C@@H](c2cccc(-c3cn[nH]c3)n2)C1. The minimum Gasteiger partial charge on any atom is -0.368 e. The number of hydrogen-bond acceptors (Lipinski definition) is 4. The van der Waals surface area contributed by atoms with Gasteiger partial charge in [-0.05, 0) is 30.2 Å². The largest absolute Gasteiger partial charge is 0.368 e. The molecule has 30 heavy (non-hydrogen) atoms. The number of H-pyrrole nitrogens is 2. The highest BCUT2D eigenvalue weighted by molar-refractivity contribution is 5.84. The van der Waals surface area contributed by atoms with Gasteiger partial charge in [-0.2, -0.15) is 5.10 Å². The number of fused-ring (bicyclic) bond motifs is 1. The predicted molar refractivity (Wildman–Crippen MR) is 114 cm³/mol. The number of ether oxygens (including phenoxy) is 1. The highest BCUT2D eigenvalue weighted by atomic mass is 16.5. The Balaban J connectivity index is 1.25. The summed E-state index contributed by atoms with van der Waals surface area (Å²) in [5.41, 5.74) is 4.89. The molecule has 1 aliphatic rings. The zero-order valence-corrected chi connectivity index (χ0v) is 16.5. The van der Waals surface area contributed by atoms with Crippen LogP contribution in [-0.4, -0.2) is 50.7 Å². The number of carbonyl (C=O) groups excluding carboxylic acids is 1. The lowest BCUT2D eigenvalue weighted by Gasteiger charge is -2.33. The molecule has 1 aliphatic heterocycles. The van der Waals surface area contributed by atoms with Gasteiger partial charge in [-0.25, -0.2) is 4.98 Å². The van der Waals surface area contributed by atoms with E-state index in [0.717, 1.165) is 28.9 Å². The van der Waals surface area contributed by atoms with Gasteiger partial charge in [-0.3, -0.25) is 9.89 Å². The molecule has 4 heterocycles. The Morgan fingerprint density at radius 2 is 2.10 bits per heavy atom. The van der Waals surface area contributed by atoms with Crippen LogP contribution in [0.15, 0.2) is 61.1 Å². The third-order valence-corrected chi connectivity index (χ3v) is 5.60. The van der Waals surface area contributed by atoms with Crippen LogP contribution >= 0.6 is 0 Å². The van der Waals surface area contributed by atoms with Crippen LogP contribution in [0.1, 0.15) is 23.8 Å². The summed E-state index contributed by atoms with van der Waals surface area (Å²) >= 11 is 0. The van der Waals surface area contributed by atoms with Gasteiger partial charge < -0.3 is 14.6 Å². The number of amides is 1. The first-order chi connectivity index (χ1) is 14.8.